The number of benzene rings is 2. The van der Waals surface area contributed by atoms with E-state index in [-0.39, 0.29) is 47.4 Å². The Morgan fingerprint density at radius 2 is 1.63 bits per heavy atom. The number of H-pyrrole nitrogens is 1. The van der Waals surface area contributed by atoms with E-state index in [0.717, 1.165) is 120 Å². The molecule has 2 bridgehead atoms. The summed E-state index contributed by atoms with van der Waals surface area (Å²) in [7, 11) is 0. The van der Waals surface area contributed by atoms with Crippen LogP contribution in [0.15, 0.2) is 42.7 Å². The smallest absolute Gasteiger partial charge is 0.328 e. The van der Waals surface area contributed by atoms with Crippen LogP contribution in [0, 0.1) is 29.5 Å². The van der Waals surface area contributed by atoms with Gasteiger partial charge in [-0.3, -0.25) is 29.9 Å². The standard InChI is InChI=1S/C52H62ClFN12O4/c1-32-2-7-40-37(26-56-61-40)43(32)46-44(54)45-38(25-55-46)47(65-28-35-4-5-36(29-65)57-35)60-49(59-45)70-31-52(13-14-52)30-63-22-20-62(21-23-63)27-33-8-11-51(12-9-33)15-18-64(19-16-51)48(68)34-3-6-39(53)41(24-34)66-17-10-42(67)58-50(66)69/h2-3,6-7,24-26,33,35-36,57H,4-5,8-23,27-31H2,1H3,(H,56,61)(H,58,67,69). The van der Waals surface area contributed by atoms with Gasteiger partial charge >= 0.3 is 12.0 Å². The second kappa shape index (κ2) is 18.3. The highest BCUT2D eigenvalue weighted by Gasteiger charge is 2.46. The Bertz CT molecular complexity index is 2840. The molecule has 70 heavy (non-hydrogen) atoms. The van der Waals surface area contributed by atoms with Crippen molar-refractivity contribution in [2.45, 2.75) is 89.6 Å². The van der Waals surface area contributed by atoms with Crippen molar-refractivity contribution in [2.75, 3.05) is 88.4 Å². The van der Waals surface area contributed by atoms with Crippen molar-refractivity contribution < 1.29 is 23.5 Å². The summed E-state index contributed by atoms with van der Waals surface area (Å²) in [5.74, 6) is 0.560. The summed E-state index contributed by atoms with van der Waals surface area (Å²) in [6.45, 7) is 12.1. The average Bonchev–Trinajstić information content (AvgIpc) is 3.81. The summed E-state index contributed by atoms with van der Waals surface area (Å²) >= 11 is 6.46. The van der Waals surface area contributed by atoms with E-state index in [2.05, 4.69) is 35.5 Å². The van der Waals surface area contributed by atoms with Gasteiger partial charge in [-0.15, -0.1) is 0 Å². The minimum absolute atomic E-state index is 0.0361. The number of carbonyl (C=O) groups excluding carboxylic acids is 3. The van der Waals surface area contributed by atoms with E-state index in [1.807, 2.05) is 24.0 Å². The number of urea groups is 1. The first kappa shape index (κ1) is 45.6. The average molecular weight is 974 g/mol. The van der Waals surface area contributed by atoms with Gasteiger partial charge in [0.05, 0.1) is 34.4 Å². The van der Waals surface area contributed by atoms with Gasteiger partial charge in [-0.25, -0.2) is 9.18 Å². The molecule has 368 valence electrons. The van der Waals surface area contributed by atoms with Gasteiger partial charge in [0.15, 0.2) is 5.82 Å². The van der Waals surface area contributed by atoms with Crippen molar-refractivity contribution in [1.29, 1.82) is 0 Å². The minimum atomic E-state index is -0.518. The molecule has 1 spiro atoms. The number of amides is 4. The molecule has 0 radical (unpaired) electrons. The number of ether oxygens (including phenoxy) is 1. The summed E-state index contributed by atoms with van der Waals surface area (Å²) in [6, 6.07) is 9.46. The first-order valence-corrected chi connectivity index (χ1v) is 25.9. The van der Waals surface area contributed by atoms with Gasteiger partial charge in [0.1, 0.15) is 17.0 Å². The molecule has 8 heterocycles. The number of aromatic amines is 1. The Morgan fingerprint density at radius 3 is 2.37 bits per heavy atom. The van der Waals surface area contributed by atoms with Gasteiger partial charge in [-0.05, 0) is 112 Å². The van der Waals surface area contributed by atoms with Crippen molar-refractivity contribution in [3.8, 4) is 17.3 Å². The van der Waals surface area contributed by atoms with Crippen LogP contribution in [0.4, 0.5) is 20.7 Å². The van der Waals surface area contributed by atoms with E-state index in [1.165, 1.54) is 30.6 Å². The molecule has 3 aromatic heterocycles. The summed E-state index contributed by atoms with van der Waals surface area (Å²) < 4.78 is 23.5. The Hall–Kier alpha value is -5.49. The number of aromatic nitrogens is 5. The second-order valence-corrected chi connectivity index (χ2v) is 22.1. The SMILES string of the molecule is Cc1ccc2[nH]ncc2c1-c1ncc2c(N3CC4CCC(C3)N4)nc(OCC3(CN4CCN(CC5CCC6(CC5)CCN(C(=O)c5ccc(Cl)c(N7CCC(=O)NC7=O)c5)CC6)CC4)CC3)nc2c1F. The second-order valence-electron chi connectivity index (χ2n) is 21.7. The maximum Gasteiger partial charge on any atom is 0.328 e. The van der Waals surface area contributed by atoms with Crippen molar-refractivity contribution >= 4 is 62.8 Å². The van der Waals surface area contributed by atoms with Crippen LogP contribution >= 0.6 is 11.6 Å². The van der Waals surface area contributed by atoms with Gasteiger partial charge in [0.2, 0.25) is 5.91 Å². The fraction of sp³-hybridized carbons (Fsp3) is 0.558. The van der Waals surface area contributed by atoms with E-state index in [4.69, 9.17) is 31.3 Å². The number of likely N-dealkylation sites (tertiary alicyclic amines) is 1. The first-order chi connectivity index (χ1) is 34.0. The molecule has 7 aliphatic rings. The number of fused-ring (bicyclic) bond motifs is 4. The minimum Gasteiger partial charge on any atom is -0.463 e. The van der Waals surface area contributed by atoms with Crippen molar-refractivity contribution in [3.63, 3.8) is 0 Å². The zero-order valence-electron chi connectivity index (χ0n) is 40.0. The summed E-state index contributed by atoms with van der Waals surface area (Å²) in [6.07, 6.45) is 15.0. The molecule has 5 saturated heterocycles. The lowest BCUT2D eigenvalue weighted by Crippen LogP contribution is -2.51. The molecule has 2 atom stereocenters. The zero-order chi connectivity index (χ0) is 47.7. The number of nitrogens with zero attached hydrogens (tertiary/aromatic N) is 9. The topological polar surface area (TPSA) is 168 Å². The molecule has 4 amide bonds. The lowest BCUT2D eigenvalue weighted by atomic mass is 9.65. The predicted molar refractivity (Wildman–Crippen MR) is 266 cm³/mol. The Kier molecular flexibility index (Phi) is 11.9. The number of nitrogens with one attached hydrogen (secondary N) is 3. The number of piperazine rings is 2. The third kappa shape index (κ3) is 8.85. The highest BCUT2D eigenvalue weighted by Crippen LogP contribution is 2.48. The maximum atomic E-state index is 17.0. The number of carbonyl (C=O) groups is 3. The van der Waals surface area contributed by atoms with Crippen LogP contribution in [0.3, 0.4) is 0 Å². The number of piperidine rings is 1. The molecule has 5 aliphatic heterocycles. The number of rotatable bonds is 11. The summed E-state index contributed by atoms with van der Waals surface area (Å²) in [5, 5.41) is 15.1. The fourth-order valence-electron chi connectivity index (χ4n) is 12.6. The molecule has 16 nitrogen and oxygen atoms in total. The highest BCUT2D eigenvalue weighted by atomic mass is 35.5. The van der Waals surface area contributed by atoms with Gasteiger partial charge < -0.3 is 29.7 Å². The van der Waals surface area contributed by atoms with Gasteiger partial charge in [0.25, 0.3) is 5.91 Å². The van der Waals surface area contributed by atoms with Crippen molar-refractivity contribution in [1.82, 2.24) is 50.5 Å². The predicted octanol–water partition coefficient (Wildman–Crippen LogP) is 6.95. The number of aryl methyl sites for hydroxylation is 1. The van der Waals surface area contributed by atoms with Crippen molar-refractivity contribution in [2.24, 2.45) is 16.7 Å². The molecule has 2 aromatic carbocycles. The van der Waals surface area contributed by atoms with Gasteiger partial charge in [-0.1, -0.05) is 17.7 Å². The maximum absolute atomic E-state index is 17.0. The Balaban J connectivity index is 0.639. The van der Waals surface area contributed by atoms with Gasteiger partial charge in [0, 0.05) is 119 Å². The van der Waals surface area contributed by atoms with Crippen LogP contribution in [0.1, 0.15) is 86.6 Å². The fourth-order valence-corrected chi connectivity index (χ4v) is 12.8. The molecule has 7 fully saturated rings. The van der Waals surface area contributed by atoms with E-state index in [9.17, 15) is 14.4 Å². The van der Waals surface area contributed by atoms with E-state index >= 15 is 4.39 Å². The number of anilines is 2. The van der Waals surface area contributed by atoms with Crippen LogP contribution < -0.4 is 25.2 Å². The highest BCUT2D eigenvalue weighted by molar-refractivity contribution is 6.34. The molecular formula is C52H62ClFN12O4. The number of imide groups is 1. The molecule has 12 rings (SSSR count). The van der Waals surface area contributed by atoms with Crippen molar-refractivity contribution in [3.05, 3.63) is 64.7 Å². The lowest BCUT2D eigenvalue weighted by molar-refractivity contribution is -0.120. The number of halogens is 2. The summed E-state index contributed by atoms with van der Waals surface area (Å²) in [4.78, 5) is 63.4. The Morgan fingerprint density at radius 1 is 0.871 bits per heavy atom. The summed E-state index contributed by atoms with van der Waals surface area (Å²) in [5.41, 5.74) is 4.23. The Labute approximate surface area is 412 Å². The van der Waals surface area contributed by atoms with Gasteiger partial charge in [-0.2, -0.15) is 15.1 Å². The van der Waals surface area contributed by atoms with Crippen LogP contribution in [0.5, 0.6) is 6.01 Å². The molecule has 2 saturated carbocycles. The number of hydrogen-bond donors (Lipinski definition) is 3. The van der Waals surface area contributed by atoms with Crippen LogP contribution in [0.2, 0.25) is 5.02 Å². The van der Waals surface area contributed by atoms with E-state index < -0.39 is 11.8 Å². The first-order valence-electron chi connectivity index (χ1n) is 25.6. The molecule has 18 heteroatoms. The molecule has 2 aliphatic carbocycles. The largest absolute Gasteiger partial charge is 0.463 e. The number of hydrogen-bond acceptors (Lipinski definition) is 12. The molecule has 3 N–H and O–H groups in total. The molecule has 5 aromatic rings. The lowest BCUT2D eigenvalue weighted by Gasteiger charge is -2.47. The quantitative estimate of drug-likeness (QED) is 0.125. The van der Waals surface area contributed by atoms with E-state index in [1.54, 1.807) is 30.6 Å². The van der Waals surface area contributed by atoms with Crippen LogP contribution in [-0.2, 0) is 4.79 Å². The zero-order valence-corrected chi connectivity index (χ0v) is 40.7. The molecular weight excluding hydrogens is 911 g/mol. The van der Waals surface area contributed by atoms with Crippen LogP contribution in [-0.4, -0.2) is 148 Å². The third-order valence-electron chi connectivity index (χ3n) is 17.0. The molecule has 2 unspecified atom stereocenters. The van der Waals surface area contributed by atoms with Crippen LogP contribution in [0.25, 0.3) is 33.1 Å². The monoisotopic (exact) mass is 972 g/mol. The normalized spacial score (nSPS) is 24.0. The van der Waals surface area contributed by atoms with E-state index in [0.29, 0.717) is 63.1 Å². The third-order valence-corrected chi connectivity index (χ3v) is 17.4. The number of pyridine rings is 1.